The first kappa shape index (κ1) is 11.8. The van der Waals surface area contributed by atoms with Gasteiger partial charge in [0.05, 0.1) is 0 Å². The quantitative estimate of drug-likeness (QED) is 0.685. The molecule has 2 atom stereocenters. The largest absolute Gasteiger partial charge is 0.409 e. The molecule has 0 amide bonds. The third-order valence-corrected chi connectivity index (χ3v) is 7.15. The van der Waals surface area contributed by atoms with Crippen LogP contribution >= 0.6 is 0 Å². The van der Waals surface area contributed by atoms with Gasteiger partial charge >= 0.3 is 17.1 Å². The van der Waals surface area contributed by atoms with Gasteiger partial charge in [-0.25, -0.2) is 0 Å². The van der Waals surface area contributed by atoms with E-state index in [9.17, 15) is 4.80 Å². The number of rotatable bonds is 5. The lowest BCUT2D eigenvalue weighted by atomic mass is 11.3. The lowest BCUT2D eigenvalue weighted by Crippen LogP contribution is -2.47. The van der Waals surface area contributed by atoms with Crippen molar-refractivity contribution in [2.45, 2.75) is 13.1 Å². The van der Waals surface area contributed by atoms with E-state index in [2.05, 4.69) is 13.2 Å². The Morgan fingerprint density at radius 1 is 1.25 bits per heavy atom. The van der Waals surface area contributed by atoms with Crippen LogP contribution in [0.2, 0.25) is 13.1 Å². The van der Waals surface area contributed by atoms with E-state index in [-0.39, 0.29) is 0 Å². The summed E-state index contributed by atoms with van der Waals surface area (Å²) in [5.41, 5.74) is 3.10. The maximum absolute atomic E-state index is 9.63. The third kappa shape index (κ3) is 3.46. The summed E-state index contributed by atoms with van der Waals surface area (Å²) in [5.74, 6) is 0. The fourth-order valence-electron chi connectivity index (χ4n) is 0.619. The Morgan fingerprint density at radius 3 is 2.00 bits per heavy atom. The predicted octanol–water partition coefficient (Wildman–Crippen LogP) is 1.24. The SMILES string of the molecule is C=C[Si](C)(O)O[Si](C)(C=C)OC. The van der Waals surface area contributed by atoms with Gasteiger partial charge in [0.2, 0.25) is 0 Å². The molecule has 0 spiro atoms. The van der Waals surface area contributed by atoms with Crippen molar-refractivity contribution in [2.75, 3.05) is 7.11 Å². The normalized spacial score (nSPS) is 20.7. The van der Waals surface area contributed by atoms with Crippen molar-refractivity contribution in [3.8, 4) is 0 Å². The second-order valence-electron chi connectivity index (χ2n) is 2.79. The maximum Gasteiger partial charge on any atom is 0.352 e. The molecule has 0 fully saturated rings. The van der Waals surface area contributed by atoms with Crippen LogP contribution in [0.1, 0.15) is 0 Å². The molecule has 12 heavy (non-hydrogen) atoms. The smallest absolute Gasteiger partial charge is 0.352 e. The van der Waals surface area contributed by atoms with Crippen molar-refractivity contribution in [1.29, 1.82) is 0 Å². The van der Waals surface area contributed by atoms with Crippen LogP contribution in [0.3, 0.4) is 0 Å². The minimum absolute atomic E-state index is 1.46. The fraction of sp³-hybridized carbons (Fsp3) is 0.429. The molecule has 0 aromatic heterocycles. The first-order valence-corrected chi connectivity index (χ1v) is 8.46. The highest BCUT2D eigenvalue weighted by atomic mass is 28.5. The Balaban J connectivity index is 4.39. The molecule has 0 rings (SSSR count). The zero-order chi connectivity index (χ0) is 9.83. The van der Waals surface area contributed by atoms with Crippen LogP contribution in [0.25, 0.3) is 0 Å². The molecule has 0 aromatic carbocycles. The highest BCUT2D eigenvalue weighted by Crippen LogP contribution is 2.14. The molecule has 0 radical (unpaired) electrons. The lowest BCUT2D eigenvalue weighted by molar-refractivity contribution is 0.286. The first-order valence-electron chi connectivity index (χ1n) is 3.64. The van der Waals surface area contributed by atoms with Crippen LogP contribution in [0.4, 0.5) is 0 Å². The summed E-state index contributed by atoms with van der Waals surface area (Å²) >= 11 is 0. The Hall–Kier alpha value is -0.206. The minimum atomic E-state index is -2.73. The highest BCUT2D eigenvalue weighted by Gasteiger charge is 2.36. The van der Waals surface area contributed by atoms with E-state index in [1.54, 1.807) is 19.4 Å². The average molecular weight is 204 g/mol. The summed E-state index contributed by atoms with van der Waals surface area (Å²) in [6, 6.07) is 0. The van der Waals surface area contributed by atoms with Gasteiger partial charge in [-0.15, -0.1) is 13.2 Å². The molecule has 1 N–H and O–H groups in total. The molecule has 3 nitrogen and oxygen atoms in total. The van der Waals surface area contributed by atoms with Crippen molar-refractivity contribution in [3.05, 3.63) is 24.6 Å². The van der Waals surface area contributed by atoms with Crippen LogP contribution < -0.4 is 0 Å². The number of hydrogen-bond donors (Lipinski definition) is 1. The van der Waals surface area contributed by atoms with E-state index in [4.69, 9.17) is 8.54 Å². The van der Waals surface area contributed by atoms with E-state index in [0.29, 0.717) is 0 Å². The molecule has 0 saturated heterocycles. The van der Waals surface area contributed by atoms with E-state index in [1.807, 2.05) is 6.55 Å². The lowest BCUT2D eigenvalue weighted by Gasteiger charge is -2.28. The summed E-state index contributed by atoms with van der Waals surface area (Å²) in [6.07, 6.45) is 0. The molecule has 0 bridgehead atoms. The summed E-state index contributed by atoms with van der Waals surface area (Å²) in [6.45, 7) is 10.6. The van der Waals surface area contributed by atoms with E-state index < -0.39 is 17.1 Å². The molecule has 0 aliphatic heterocycles. The predicted molar refractivity (Wildman–Crippen MR) is 53.9 cm³/mol. The van der Waals surface area contributed by atoms with Crippen LogP contribution in [0, 0.1) is 0 Å². The Kier molecular flexibility index (Phi) is 4.08. The van der Waals surface area contributed by atoms with Crippen molar-refractivity contribution < 1.29 is 13.3 Å². The highest BCUT2D eigenvalue weighted by molar-refractivity contribution is 6.84. The van der Waals surface area contributed by atoms with Gasteiger partial charge in [0.15, 0.2) is 0 Å². The molecular formula is C7H16O3Si2. The van der Waals surface area contributed by atoms with Crippen molar-refractivity contribution in [3.63, 3.8) is 0 Å². The van der Waals surface area contributed by atoms with Crippen LogP contribution in [0.15, 0.2) is 24.6 Å². The minimum Gasteiger partial charge on any atom is -0.409 e. The van der Waals surface area contributed by atoms with Gasteiger partial charge in [-0.1, -0.05) is 11.4 Å². The van der Waals surface area contributed by atoms with E-state index in [0.717, 1.165) is 0 Å². The Morgan fingerprint density at radius 2 is 1.75 bits per heavy atom. The van der Waals surface area contributed by atoms with Gasteiger partial charge in [-0.2, -0.15) is 0 Å². The van der Waals surface area contributed by atoms with Gasteiger partial charge in [0.25, 0.3) is 0 Å². The monoisotopic (exact) mass is 204 g/mol. The summed E-state index contributed by atoms with van der Waals surface area (Å²) < 4.78 is 10.6. The maximum atomic E-state index is 9.63. The molecular weight excluding hydrogens is 188 g/mol. The molecule has 0 aromatic rings. The second-order valence-corrected chi connectivity index (χ2v) is 8.97. The van der Waals surface area contributed by atoms with Crippen molar-refractivity contribution in [1.82, 2.24) is 0 Å². The molecule has 70 valence electrons. The molecule has 0 aliphatic carbocycles. The molecule has 0 aliphatic rings. The Labute approximate surface area is 75.8 Å². The fourth-order valence-corrected chi connectivity index (χ4v) is 5.07. The second kappa shape index (κ2) is 4.15. The Bertz CT molecular complexity index is 181. The summed E-state index contributed by atoms with van der Waals surface area (Å²) in [5, 5.41) is 0. The van der Waals surface area contributed by atoms with E-state index in [1.165, 1.54) is 5.70 Å². The zero-order valence-electron chi connectivity index (χ0n) is 7.83. The van der Waals surface area contributed by atoms with Gasteiger partial charge in [0, 0.05) is 7.11 Å². The first-order chi connectivity index (χ1) is 5.39. The van der Waals surface area contributed by atoms with Gasteiger partial charge in [-0.05, 0) is 13.1 Å². The van der Waals surface area contributed by atoms with Gasteiger partial charge in [0.1, 0.15) is 0 Å². The molecule has 0 heterocycles. The van der Waals surface area contributed by atoms with Crippen molar-refractivity contribution in [2.24, 2.45) is 0 Å². The topological polar surface area (TPSA) is 38.7 Å². The molecule has 5 heteroatoms. The third-order valence-electron chi connectivity index (χ3n) is 1.56. The number of hydrogen-bond acceptors (Lipinski definition) is 3. The van der Waals surface area contributed by atoms with Crippen molar-refractivity contribution >= 4 is 17.1 Å². The van der Waals surface area contributed by atoms with Gasteiger partial charge in [-0.3, -0.25) is 0 Å². The zero-order valence-corrected chi connectivity index (χ0v) is 9.83. The standard InChI is InChI=1S/C7H16O3Si2/c1-6-11(4,8)10-12(5,7-2)9-3/h6-8H,1-2H2,3-5H3. The molecule has 2 unspecified atom stereocenters. The van der Waals surface area contributed by atoms with E-state index >= 15 is 0 Å². The van der Waals surface area contributed by atoms with Crippen LogP contribution in [-0.2, 0) is 8.54 Å². The van der Waals surface area contributed by atoms with Gasteiger partial charge < -0.3 is 13.3 Å². The summed E-state index contributed by atoms with van der Waals surface area (Å²) in [4.78, 5) is 9.63. The van der Waals surface area contributed by atoms with Crippen LogP contribution in [0.5, 0.6) is 0 Å². The summed E-state index contributed by atoms with van der Waals surface area (Å²) in [7, 11) is -3.52. The average Bonchev–Trinajstić information content (AvgIpc) is 2.04. The molecule has 0 saturated carbocycles. The van der Waals surface area contributed by atoms with Crippen LogP contribution in [-0.4, -0.2) is 29.0 Å².